The third kappa shape index (κ3) is 3.03. The highest BCUT2D eigenvalue weighted by Crippen LogP contribution is 2.37. The minimum Gasteiger partial charge on any atom is -0.399 e. The Balaban J connectivity index is 2.14. The summed E-state index contributed by atoms with van der Waals surface area (Å²) < 4.78 is 27.1. The van der Waals surface area contributed by atoms with Gasteiger partial charge < -0.3 is 5.73 Å². The van der Waals surface area contributed by atoms with E-state index in [0.717, 1.165) is 19.3 Å². The summed E-state index contributed by atoms with van der Waals surface area (Å²) in [4.78, 5) is 0.243. The molecule has 1 fully saturated rings. The van der Waals surface area contributed by atoms with Gasteiger partial charge in [0.05, 0.1) is 4.90 Å². The van der Waals surface area contributed by atoms with E-state index in [2.05, 4.69) is 18.6 Å². The molecule has 0 saturated heterocycles. The first kappa shape index (κ1) is 13.4. The number of benzene rings is 1. The van der Waals surface area contributed by atoms with Crippen LogP contribution < -0.4 is 10.5 Å². The van der Waals surface area contributed by atoms with Crippen LogP contribution in [-0.2, 0) is 10.0 Å². The summed E-state index contributed by atoms with van der Waals surface area (Å²) in [5, 5.41) is 0. The minimum atomic E-state index is -3.45. The number of hydrogen-bond donors (Lipinski definition) is 2. The average molecular weight is 268 g/mol. The fourth-order valence-electron chi connectivity index (χ4n) is 2.51. The molecule has 1 aliphatic rings. The summed E-state index contributed by atoms with van der Waals surface area (Å²) in [6, 6.07) is 6.42. The van der Waals surface area contributed by atoms with Crippen LogP contribution in [0.25, 0.3) is 0 Å². The Morgan fingerprint density at radius 2 is 2.11 bits per heavy atom. The molecular formula is C13H20N2O2S. The summed E-state index contributed by atoms with van der Waals surface area (Å²) in [5.74, 6) is 0. The number of rotatable bonds is 3. The van der Waals surface area contributed by atoms with Gasteiger partial charge in [0.25, 0.3) is 0 Å². The maximum atomic E-state index is 12.2. The van der Waals surface area contributed by atoms with Crippen molar-refractivity contribution in [2.75, 3.05) is 5.73 Å². The molecule has 0 heterocycles. The zero-order valence-electron chi connectivity index (χ0n) is 10.8. The van der Waals surface area contributed by atoms with Crippen molar-refractivity contribution in [1.29, 1.82) is 0 Å². The summed E-state index contributed by atoms with van der Waals surface area (Å²) >= 11 is 0. The molecule has 0 aromatic heterocycles. The van der Waals surface area contributed by atoms with Crippen LogP contribution in [0.1, 0.15) is 33.1 Å². The zero-order chi connectivity index (χ0) is 13.4. The van der Waals surface area contributed by atoms with Crippen molar-refractivity contribution >= 4 is 15.7 Å². The van der Waals surface area contributed by atoms with E-state index in [4.69, 9.17) is 5.73 Å². The number of anilines is 1. The van der Waals surface area contributed by atoms with E-state index in [-0.39, 0.29) is 16.4 Å². The van der Waals surface area contributed by atoms with Gasteiger partial charge in [0.2, 0.25) is 10.0 Å². The molecule has 18 heavy (non-hydrogen) atoms. The minimum absolute atomic E-state index is 0.0337. The number of sulfonamides is 1. The lowest BCUT2D eigenvalue weighted by Gasteiger charge is -2.18. The summed E-state index contributed by atoms with van der Waals surface area (Å²) in [5.41, 5.74) is 6.30. The largest absolute Gasteiger partial charge is 0.399 e. The standard InChI is InChI=1S/C13H20N2O2S/c1-13(2)7-6-11(9-13)15-18(16,17)12-5-3-4-10(14)8-12/h3-5,8,11,15H,6-7,9,14H2,1-2H3. The van der Waals surface area contributed by atoms with E-state index in [0.29, 0.717) is 5.69 Å². The SMILES string of the molecule is CC1(C)CCC(NS(=O)(=O)c2cccc(N)c2)C1. The highest BCUT2D eigenvalue weighted by Gasteiger charge is 2.33. The van der Waals surface area contributed by atoms with Crippen molar-refractivity contribution in [2.24, 2.45) is 5.41 Å². The normalized spacial score (nSPS) is 23.1. The van der Waals surface area contributed by atoms with Gasteiger partial charge in [-0.2, -0.15) is 0 Å². The Kier molecular flexibility index (Phi) is 3.38. The van der Waals surface area contributed by atoms with Gasteiger partial charge in [-0.1, -0.05) is 19.9 Å². The van der Waals surface area contributed by atoms with Crippen LogP contribution in [0.5, 0.6) is 0 Å². The highest BCUT2D eigenvalue weighted by molar-refractivity contribution is 7.89. The van der Waals surface area contributed by atoms with Crippen LogP contribution >= 0.6 is 0 Å². The van der Waals surface area contributed by atoms with Gasteiger partial charge in [0.1, 0.15) is 0 Å². The maximum absolute atomic E-state index is 12.2. The van der Waals surface area contributed by atoms with Gasteiger partial charge in [-0.25, -0.2) is 13.1 Å². The van der Waals surface area contributed by atoms with Crippen LogP contribution in [-0.4, -0.2) is 14.5 Å². The quantitative estimate of drug-likeness (QED) is 0.825. The molecule has 0 radical (unpaired) electrons. The second-order valence-corrected chi connectivity index (χ2v) is 7.51. The third-order valence-electron chi connectivity index (χ3n) is 3.46. The summed E-state index contributed by atoms with van der Waals surface area (Å²) in [7, 11) is -3.45. The lowest BCUT2D eigenvalue weighted by molar-refractivity contribution is 0.372. The number of nitrogen functional groups attached to an aromatic ring is 1. The Morgan fingerprint density at radius 1 is 1.39 bits per heavy atom. The van der Waals surface area contributed by atoms with E-state index in [9.17, 15) is 8.42 Å². The van der Waals surface area contributed by atoms with Crippen molar-refractivity contribution in [1.82, 2.24) is 4.72 Å². The summed E-state index contributed by atoms with van der Waals surface area (Å²) in [6.07, 6.45) is 2.83. The molecule has 1 unspecified atom stereocenters. The molecule has 1 aromatic rings. The van der Waals surface area contributed by atoms with Crippen molar-refractivity contribution in [2.45, 2.75) is 44.0 Å². The van der Waals surface area contributed by atoms with E-state index in [1.54, 1.807) is 18.2 Å². The second kappa shape index (κ2) is 4.55. The van der Waals surface area contributed by atoms with Crippen molar-refractivity contribution < 1.29 is 8.42 Å². The molecule has 5 heteroatoms. The monoisotopic (exact) mass is 268 g/mol. The Morgan fingerprint density at radius 3 is 2.67 bits per heavy atom. The topological polar surface area (TPSA) is 72.2 Å². The van der Waals surface area contributed by atoms with Gasteiger partial charge in [-0.05, 0) is 42.9 Å². The molecule has 1 saturated carbocycles. The Hall–Kier alpha value is -1.07. The molecular weight excluding hydrogens is 248 g/mol. The number of nitrogens with one attached hydrogen (secondary N) is 1. The van der Waals surface area contributed by atoms with Gasteiger partial charge in [0, 0.05) is 11.7 Å². The van der Waals surface area contributed by atoms with Crippen molar-refractivity contribution in [3.8, 4) is 0 Å². The molecule has 0 bridgehead atoms. The van der Waals surface area contributed by atoms with Crippen LogP contribution in [0, 0.1) is 5.41 Å². The first-order valence-corrected chi connectivity index (χ1v) is 7.65. The molecule has 100 valence electrons. The van der Waals surface area contributed by atoms with Crippen LogP contribution in [0.4, 0.5) is 5.69 Å². The van der Waals surface area contributed by atoms with Crippen molar-refractivity contribution in [3.05, 3.63) is 24.3 Å². The third-order valence-corrected chi connectivity index (χ3v) is 4.98. The molecule has 2 rings (SSSR count). The van der Waals surface area contributed by atoms with Crippen LogP contribution in [0.2, 0.25) is 0 Å². The predicted molar refractivity (Wildman–Crippen MR) is 72.6 cm³/mol. The molecule has 4 nitrogen and oxygen atoms in total. The second-order valence-electron chi connectivity index (χ2n) is 5.80. The Labute approximate surface area is 109 Å². The van der Waals surface area contributed by atoms with E-state index in [1.165, 1.54) is 6.07 Å². The molecule has 0 aliphatic heterocycles. The molecule has 0 amide bonds. The predicted octanol–water partition coefficient (Wildman–Crippen LogP) is 2.13. The zero-order valence-corrected chi connectivity index (χ0v) is 11.6. The number of hydrogen-bond acceptors (Lipinski definition) is 3. The lowest BCUT2D eigenvalue weighted by atomic mass is 9.92. The molecule has 3 N–H and O–H groups in total. The van der Waals surface area contributed by atoms with Crippen LogP contribution in [0.3, 0.4) is 0 Å². The number of nitrogens with two attached hydrogens (primary N) is 1. The fraction of sp³-hybridized carbons (Fsp3) is 0.538. The average Bonchev–Trinajstić information content (AvgIpc) is 2.57. The van der Waals surface area contributed by atoms with Gasteiger partial charge in [-0.15, -0.1) is 0 Å². The first-order chi connectivity index (χ1) is 8.28. The van der Waals surface area contributed by atoms with Crippen molar-refractivity contribution in [3.63, 3.8) is 0 Å². The van der Waals surface area contributed by atoms with Gasteiger partial charge in [0.15, 0.2) is 0 Å². The van der Waals surface area contributed by atoms with Gasteiger partial charge in [-0.3, -0.25) is 0 Å². The molecule has 1 aliphatic carbocycles. The smallest absolute Gasteiger partial charge is 0.240 e. The van der Waals surface area contributed by atoms with Gasteiger partial charge >= 0.3 is 0 Å². The Bertz CT molecular complexity index is 538. The van der Waals surface area contributed by atoms with E-state index >= 15 is 0 Å². The first-order valence-electron chi connectivity index (χ1n) is 6.16. The molecule has 0 spiro atoms. The lowest BCUT2D eigenvalue weighted by Crippen LogP contribution is -2.33. The van der Waals surface area contributed by atoms with Crippen LogP contribution in [0.15, 0.2) is 29.2 Å². The summed E-state index contributed by atoms with van der Waals surface area (Å²) in [6.45, 7) is 4.34. The fourth-order valence-corrected chi connectivity index (χ4v) is 3.83. The molecule has 1 atom stereocenters. The molecule has 1 aromatic carbocycles. The maximum Gasteiger partial charge on any atom is 0.240 e. The van der Waals surface area contributed by atoms with E-state index < -0.39 is 10.0 Å². The van der Waals surface area contributed by atoms with E-state index in [1.807, 2.05) is 0 Å². The highest BCUT2D eigenvalue weighted by atomic mass is 32.2.